The largest absolute Gasteiger partial charge is 0.475 e. The Morgan fingerprint density at radius 1 is 1.44 bits per heavy atom. The van der Waals surface area contributed by atoms with Crippen molar-refractivity contribution in [2.75, 3.05) is 31.1 Å². The maximum atomic E-state index is 13.2. The smallest absolute Gasteiger partial charge is 0.282 e. The second-order valence-corrected chi connectivity index (χ2v) is 7.04. The van der Waals surface area contributed by atoms with Crippen LogP contribution < -0.4 is 9.64 Å². The molecule has 0 N–H and O–H groups in total. The third-order valence-electron chi connectivity index (χ3n) is 4.46. The monoisotopic (exact) mass is 354 g/mol. The number of amides is 1. The van der Waals surface area contributed by atoms with Crippen molar-refractivity contribution in [1.82, 2.24) is 14.9 Å². The molecule has 2 heterocycles. The van der Waals surface area contributed by atoms with Crippen LogP contribution in [0, 0.1) is 5.92 Å². The van der Waals surface area contributed by atoms with Crippen molar-refractivity contribution >= 4 is 11.7 Å². The number of carbonyl (C=O) groups is 1. The second-order valence-electron chi connectivity index (χ2n) is 7.04. The van der Waals surface area contributed by atoms with Gasteiger partial charge in [0.15, 0.2) is 11.5 Å². The molecule has 6 nitrogen and oxygen atoms in total. The number of nitrogens with zero attached hydrogens (tertiary/aromatic N) is 4. The third kappa shape index (κ3) is 3.99. The lowest BCUT2D eigenvalue weighted by Crippen LogP contribution is -2.56. The molecule has 1 aromatic rings. The van der Waals surface area contributed by atoms with Crippen LogP contribution in [0.15, 0.2) is 6.20 Å². The summed E-state index contributed by atoms with van der Waals surface area (Å²) in [6.07, 6.45) is 3.55. The highest BCUT2D eigenvalue weighted by Crippen LogP contribution is 2.36. The lowest BCUT2D eigenvalue weighted by atomic mass is 10.1. The van der Waals surface area contributed by atoms with E-state index in [4.69, 9.17) is 4.74 Å². The quantitative estimate of drug-likeness (QED) is 0.753. The Morgan fingerprint density at radius 3 is 2.64 bits per heavy atom. The molecule has 8 heteroatoms. The first-order chi connectivity index (χ1) is 11.8. The minimum absolute atomic E-state index is 0.0314. The van der Waals surface area contributed by atoms with E-state index in [2.05, 4.69) is 9.97 Å². The molecule has 1 saturated carbocycles. The molecule has 0 unspecified atom stereocenters. The molecular weight excluding hydrogens is 330 g/mol. The zero-order valence-electron chi connectivity index (χ0n) is 14.8. The molecule has 0 bridgehead atoms. The van der Waals surface area contributed by atoms with Crippen molar-refractivity contribution in [2.45, 2.75) is 45.6 Å². The number of ether oxygens (including phenoxy) is 1. The van der Waals surface area contributed by atoms with Gasteiger partial charge in [-0.25, -0.2) is 18.7 Å². The topological polar surface area (TPSA) is 58.6 Å². The van der Waals surface area contributed by atoms with Gasteiger partial charge in [0.05, 0.1) is 25.9 Å². The molecule has 1 saturated heterocycles. The van der Waals surface area contributed by atoms with Crippen LogP contribution >= 0.6 is 0 Å². The lowest BCUT2D eigenvalue weighted by Gasteiger charge is -2.39. The highest BCUT2D eigenvalue weighted by atomic mass is 19.3. The fourth-order valence-corrected chi connectivity index (χ4v) is 2.82. The minimum Gasteiger partial charge on any atom is -0.475 e. The normalized spacial score (nSPS) is 18.9. The predicted octanol–water partition coefficient (Wildman–Crippen LogP) is 2.59. The van der Waals surface area contributed by atoms with E-state index in [1.807, 2.05) is 20.8 Å². The maximum absolute atomic E-state index is 13.2. The van der Waals surface area contributed by atoms with E-state index < -0.39 is 19.0 Å². The predicted molar refractivity (Wildman–Crippen MR) is 89.3 cm³/mol. The highest BCUT2D eigenvalue weighted by Gasteiger charge is 2.46. The standard InChI is InChI=1S/C17H24F2N4O2/c1-4-23(11(2)3)16(24)13-7-20-14(22-9-17(18,19)10-22)15(21-13)25-8-12-5-6-12/h7,11-12H,4-6,8-10H2,1-3H3. The first kappa shape index (κ1) is 17.8. The highest BCUT2D eigenvalue weighted by molar-refractivity contribution is 5.92. The van der Waals surface area contributed by atoms with Gasteiger partial charge in [-0.3, -0.25) is 4.79 Å². The summed E-state index contributed by atoms with van der Waals surface area (Å²) in [5, 5.41) is 0. The Bertz CT molecular complexity index is 642. The summed E-state index contributed by atoms with van der Waals surface area (Å²) in [5.74, 6) is -2.00. The van der Waals surface area contributed by atoms with Gasteiger partial charge in [0.25, 0.3) is 17.7 Å². The van der Waals surface area contributed by atoms with Crippen molar-refractivity contribution in [3.05, 3.63) is 11.9 Å². The summed E-state index contributed by atoms with van der Waals surface area (Å²) in [4.78, 5) is 24.3. The molecule has 3 rings (SSSR count). The van der Waals surface area contributed by atoms with Crippen LogP contribution in [-0.2, 0) is 0 Å². The summed E-state index contributed by atoms with van der Waals surface area (Å²) in [6.45, 7) is 5.98. The number of carbonyl (C=O) groups excluding carboxylic acids is 1. The number of aromatic nitrogens is 2. The van der Waals surface area contributed by atoms with Crippen molar-refractivity contribution in [3.63, 3.8) is 0 Å². The molecule has 2 aliphatic rings. The van der Waals surface area contributed by atoms with E-state index in [1.165, 1.54) is 11.1 Å². The number of anilines is 1. The Kier molecular flexibility index (Phi) is 4.79. The summed E-state index contributed by atoms with van der Waals surface area (Å²) in [7, 11) is 0. The molecule has 0 aromatic carbocycles. The van der Waals surface area contributed by atoms with Crippen LogP contribution in [0.5, 0.6) is 5.88 Å². The Balaban J connectivity index is 1.82. The molecule has 138 valence electrons. The number of hydrogen-bond acceptors (Lipinski definition) is 5. The average Bonchev–Trinajstić information content (AvgIpc) is 3.34. The fraction of sp³-hybridized carbons (Fsp3) is 0.706. The molecule has 2 fully saturated rings. The summed E-state index contributed by atoms with van der Waals surface area (Å²) in [6, 6.07) is 0.0314. The second kappa shape index (κ2) is 6.72. The fourth-order valence-electron chi connectivity index (χ4n) is 2.82. The van der Waals surface area contributed by atoms with Gasteiger partial charge in [-0.2, -0.15) is 0 Å². The van der Waals surface area contributed by atoms with Gasteiger partial charge in [-0.15, -0.1) is 0 Å². The van der Waals surface area contributed by atoms with Crippen LogP contribution in [0.25, 0.3) is 0 Å². The first-order valence-corrected chi connectivity index (χ1v) is 8.74. The zero-order valence-corrected chi connectivity index (χ0v) is 14.8. The van der Waals surface area contributed by atoms with Gasteiger partial charge < -0.3 is 14.5 Å². The van der Waals surface area contributed by atoms with Crippen molar-refractivity contribution in [3.8, 4) is 5.88 Å². The van der Waals surface area contributed by atoms with Gasteiger partial charge in [-0.05, 0) is 39.5 Å². The summed E-state index contributed by atoms with van der Waals surface area (Å²) >= 11 is 0. The molecule has 0 spiro atoms. The number of halogens is 2. The maximum Gasteiger partial charge on any atom is 0.282 e. The molecule has 1 aromatic heterocycles. The molecular formula is C17H24F2N4O2. The first-order valence-electron chi connectivity index (χ1n) is 8.74. The van der Waals surface area contributed by atoms with E-state index in [0.29, 0.717) is 19.1 Å². The van der Waals surface area contributed by atoms with Gasteiger partial charge in [0, 0.05) is 12.6 Å². The lowest BCUT2D eigenvalue weighted by molar-refractivity contribution is -0.0270. The summed E-state index contributed by atoms with van der Waals surface area (Å²) in [5.41, 5.74) is 0.178. The minimum atomic E-state index is -2.71. The molecule has 0 radical (unpaired) electrons. The van der Waals surface area contributed by atoms with Gasteiger partial charge in [0.2, 0.25) is 0 Å². The number of hydrogen-bond donors (Lipinski definition) is 0. The van der Waals surface area contributed by atoms with Gasteiger partial charge in [0.1, 0.15) is 0 Å². The van der Waals surface area contributed by atoms with Gasteiger partial charge in [-0.1, -0.05) is 0 Å². The van der Waals surface area contributed by atoms with E-state index >= 15 is 0 Å². The Morgan fingerprint density at radius 2 is 2.12 bits per heavy atom. The number of rotatable bonds is 7. The van der Waals surface area contributed by atoms with Crippen LogP contribution in [0.2, 0.25) is 0 Å². The zero-order chi connectivity index (χ0) is 18.2. The van der Waals surface area contributed by atoms with Crippen LogP contribution in [0.3, 0.4) is 0 Å². The number of alkyl halides is 2. The van der Waals surface area contributed by atoms with Crippen LogP contribution in [-0.4, -0.2) is 59.0 Å². The van der Waals surface area contributed by atoms with E-state index in [1.54, 1.807) is 4.90 Å². The average molecular weight is 354 g/mol. The van der Waals surface area contributed by atoms with Crippen LogP contribution in [0.1, 0.15) is 44.1 Å². The van der Waals surface area contributed by atoms with E-state index in [-0.39, 0.29) is 29.3 Å². The summed E-state index contributed by atoms with van der Waals surface area (Å²) < 4.78 is 32.1. The van der Waals surface area contributed by atoms with Crippen LogP contribution in [0.4, 0.5) is 14.6 Å². The third-order valence-corrected chi connectivity index (χ3v) is 4.46. The molecule has 0 atom stereocenters. The molecule has 1 amide bonds. The molecule has 25 heavy (non-hydrogen) atoms. The van der Waals surface area contributed by atoms with Crippen molar-refractivity contribution in [1.29, 1.82) is 0 Å². The Hall–Kier alpha value is -1.99. The molecule has 1 aliphatic carbocycles. The van der Waals surface area contributed by atoms with E-state index in [9.17, 15) is 13.6 Å². The van der Waals surface area contributed by atoms with E-state index in [0.717, 1.165) is 12.8 Å². The Labute approximate surface area is 146 Å². The van der Waals surface area contributed by atoms with Crippen molar-refractivity contribution in [2.24, 2.45) is 5.92 Å². The molecule has 1 aliphatic heterocycles. The van der Waals surface area contributed by atoms with Crippen molar-refractivity contribution < 1.29 is 18.3 Å². The SMILES string of the molecule is CCN(C(=O)c1cnc(N2CC(F)(F)C2)c(OCC2CC2)n1)C(C)C. The van der Waals surface area contributed by atoms with Gasteiger partial charge >= 0.3 is 0 Å².